The molecule has 0 aliphatic heterocycles. The van der Waals surface area contributed by atoms with Crippen molar-refractivity contribution in [2.75, 3.05) is 24.7 Å². The number of benzene rings is 1. The predicted octanol–water partition coefficient (Wildman–Crippen LogP) is 3.70. The van der Waals surface area contributed by atoms with Crippen LogP contribution in [0.1, 0.15) is 32.1 Å². The van der Waals surface area contributed by atoms with Crippen molar-refractivity contribution in [3.05, 3.63) is 35.7 Å². The second-order valence-corrected chi connectivity index (χ2v) is 10.8. The van der Waals surface area contributed by atoms with E-state index < -0.39 is 16.1 Å². The summed E-state index contributed by atoms with van der Waals surface area (Å²) in [5.74, 6) is 1.39. The van der Waals surface area contributed by atoms with E-state index in [4.69, 9.17) is 9.47 Å². The minimum absolute atomic E-state index is 0.0246. The standard InChI is InChI=1S/C22H28N4O5S2/c1-30-17-9-5-10-18(31-2)20(17)26-21(19-11-6-13-32-19)23-24-22(26)25-33(28,29)14-12-16(27)15-7-3-4-8-15/h5-6,9-11,13,15-16,27H,3-4,7-8,12,14H2,1-2H3,(H,24,25)/t16-/m1/s1. The van der Waals surface area contributed by atoms with Crippen LogP contribution in [0.15, 0.2) is 35.7 Å². The lowest BCUT2D eigenvalue weighted by molar-refractivity contribution is 0.107. The van der Waals surface area contributed by atoms with Gasteiger partial charge in [0.05, 0.1) is 31.0 Å². The third kappa shape index (κ3) is 5.15. The third-order valence-corrected chi connectivity index (χ3v) is 8.04. The number of rotatable bonds is 10. The van der Waals surface area contributed by atoms with Gasteiger partial charge < -0.3 is 14.6 Å². The molecule has 1 aliphatic rings. The Morgan fingerprint density at radius 2 is 1.85 bits per heavy atom. The smallest absolute Gasteiger partial charge is 0.243 e. The van der Waals surface area contributed by atoms with Crippen LogP contribution in [0.25, 0.3) is 16.4 Å². The largest absolute Gasteiger partial charge is 0.494 e. The van der Waals surface area contributed by atoms with Gasteiger partial charge in [-0.15, -0.1) is 21.5 Å². The Morgan fingerprint density at radius 1 is 1.15 bits per heavy atom. The lowest BCUT2D eigenvalue weighted by Gasteiger charge is -2.19. The Bertz CT molecular complexity index is 1150. The highest BCUT2D eigenvalue weighted by molar-refractivity contribution is 7.92. The molecule has 0 unspecified atom stereocenters. The summed E-state index contributed by atoms with van der Waals surface area (Å²) in [7, 11) is -0.737. The number of methoxy groups -OCH3 is 2. The second-order valence-electron chi connectivity index (χ2n) is 7.99. The molecule has 0 radical (unpaired) electrons. The molecule has 0 saturated heterocycles. The number of aliphatic hydroxyl groups is 1. The van der Waals surface area contributed by atoms with Crippen molar-refractivity contribution in [3.63, 3.8) is 0 Å². The fraction of sp³-hybridized carbons (Fsp3) is 0.455. The number of anilines is 1. The van der Waals surface area contributed by atoms with Gasteiger partial charge in [0.25, 0.3) is 0 Å². The highest BCUT2D eigenvalue weighted by Crippen LogP contribution is 2.38. The highest BCUT2D eigenvalue weighted by atomic mass is 32.2. The van der Waals surface area contributed by atoms with E-state index in [-0.39, 0.29) is 24.0 Å². The Kier molecular flexibility index (Phi) is 7.20. The molecule has 1 fully saturated rings. The summed E-state index contributed by atoms with van der Waals surface area (Å²) in [5.41, 5.74) is 0.486. The lowest BCUT2D eigenvalue weighted by atomic mass is 9.99. The summed E-state index contributed by atoms with van der Waals surface area (Å²) in [6, 6.07) is 9.05. The Labute approximate surface area is 197 Å². The molecule has 178 valence electrons. The minimum Gasteiger partial charge on any atom is -0.494 e. The summed E-state index contributed by atoms with van der Waals surface area (Å²) >= 11 is 1.46. The fourth-order valence-electron chi connectivity index (χ4n) is 4.22. The van der Waals surface area contributed by atoms with E-state index in [0.29, 0.717) is 23.0 Å². The molecule has 0 spiro atoms. The highest BCUT2D eigenvalue weighted by Gasteiger charge is 2.28. The van der Waals surface area contributed by atoms with Gasteiger partial charge in [-0.05, 0) is 48.8 Å². The van der Waals surface area contributed by atoms with Crippen LogP contribution >= 0.6 is 11.3 Å². The van der Waals surface area contributed by atoms with Gasteiger partial charge >= 0.3 is 0 Å². The van der Waals surface area contributed by atoms with E-state index in [1.165, 1.54) is 25.6 Å². The maximum absolute atomic E-state index is 12.9. The Balaban J connectivity index is 1.68. The molecule has 2 aromatic heterocycles. The van der Waals surface area contributed by atoms with Crippen LogP contribution < -0.4 is 14.2 Å². The first-order chi connectivity index (χ1) is 15.9. The zero-order valence-electron chi connectivity index (χ0n) is 18.6. The molecular weight excluding hydrogens is 464 g/mol. The lowest BCUT2D eigenvalue weighted by Crippen LogP contribution is -2.25. The molecular formula is C22H28N4O5S2. The molecule has 1 saturated carbocycles. The van der Waals surface area contributed by atoms with Gasteiger partial charge in [0.15, 0.2) is 5.82 Å². The molecule has 11 heteroatoms. The molecule has 1 aromatic carbocycles. The second kappa shape index (κ2) is 10.1. The fourth-order valence-corrected chi connectivity index (χ4v) is 5.99. The Hall–Kier alpha value is -2.63. The number of ether oxygens (including phenoxy) is 2. The zero-order chi connectivity index (χ0) is 23.4. The molecule has 1 atom stereocenters. The zero-order valence-corrected chi connectivity index (χ0v) is 20.2. The number of para-hydroxylation sites is 1. The van der Waals surface area contributed by atoms with E-state index in [9.17, 15) is 13.5 Å². The maximum atomic E-state index is 12.9. The van der Waals surface area contributed by atoms with E-state index >= 15 is 0 Å². The summed E-state index contributed by atoms with van der Waals surface area (Å²) < 4.78 is 41.1. The quantitative estimate of drug-likeness (QED) is 0.443. The van der Waals surface area contributed by atoms with Crippen molar-refractivity contribution >= 4 is 27.3 Å². The number of aliphatic hydroxyl groups excluding tert-OH is 1. The summed E-state index contributed by atoms with van der Waals surface area (Å²) in [6.45, 7) is 0. The summed E-state index contributed by atoms with van der Waals surface area (Å²) in [5, 5.41) is 20.7. The first kappa shape index (κ1) is 23.5. The van der Waals surface area contributed by atoms with Crippen LogP contribution in [-0.4, -0.2) is 54.4 Å². The molecule has 1 aliphatic carbocycles. The minimum atomic E-state index is -3.80. The van der Waals surface area contributed by atoms with Crippen LogP contribution in [0.4, 0.5) is 5.95 Å². The summed E-state index contributed by atoms with van der Waals surface area (Å²) in [4.78, 5) is 0.803. The van der Waals surface area contributed by atoms with Crippen molar-refractivity contribution in [2.45, 2.75) is 38.2 Å². The number of thiophene rings is 1. The van der Waals surface area contributed by atoms with Crippen LogP contribution in [0.5, 0.6) is 11.5 Å². The molecule has 3 aromatic rings. The van der Waals surface area contributed by atoms with E-state index in [2.05, 4.69) is 14.9 Å². The van der Waals surface area contributed by atoms with Crippen LogP contribution in [0, 0.1) is 5.92 Å². The number of hydrogen-bond acceptors (Lipinski definition) is 8. The topological polar surface area (TPSA) is 116 Å². The van der Waals surface area contributed by atoms with Gasteiger partial charge in [0, 0.05) is 0 Å². The number of aromatic nitrogens is 3. The monoisotopic (exact) mass is 492 g/mol. The van der Waals surface area contributed by atoms with Gasteiger partial charge in [0.2, 0.25) is 16.0 Å². The van der Waals surface area contributed by atoms with E-state index in [0.717, 1.165) is 30.6 Å². The molecule has 4 rings (SSSR count). The normalized spacial score (nSPS) is 15.5. The van der Waals surface area contributed by atoms with Crippen LogP contribution in [0.3, 0.4) is 0 Å². The van der Waals surface area contributed by atoms with Crippen molar-refractivity contribution in [2.24, 2.45) is 5.92 Å². The third-order valence-electron chi connectivity index (χ3n) is 5.90. The average molecular weight is 493 g/mol. The molecule has 33 heavy (non-hydrogen) atoms. The van der Waals surface area contributed by atoms with Gasteiger partial charge in [-0.3, -0.25) is 9.29 Å². The SMILES string of the molecule is COc1cccc(OC)c1-n1c(NS(=O)(=O)CC[C@@H](O)C2CCCC2)nnc1-c1cccs1. The molecule has 9 nitrogen and oxygen atoms in total. The van der Waals surface area contributed by atoms with Gasteiger partial charge in [0.1, 0.15) is 17.2 Å². The number of hydrogen-bond donors (Lipinski definition) is 2. The maximum Gasteiger partial charge on any atom is 0.243 e. The van der Waals surface area contributed by atoms with Crippen molar-refractivity contribution < 1.29 is 23.0 Å². The number of nitrogens with zero attached hydrogens (tertiary/aromatic N) is 3. The number of sulfonamides is 1. The van der Waals surface area contributed by atoms with Crippen molar-refractivity contribution in [1.29, 1.82) is 0 Å². The Morgan fingerprint density at radius 3 is 2.45 bits per heavy atom. The molecule has 0 amide bonds. The molecule has 2 N–H and O–H groups in total. The van der Waals surface area contributed by atoms with Gasteiger partial charge in [-0.1, -0.05) is 25.0 Å². The predicted molar refractivity (Wildman–Crippen MR) is 128 cm³/mol. The van der Waals surface area contributed by atoms with Gasteiger partial charge in [-0.2, -0.15) is 0 Å². The first-order valence-electron chi connectivity index (χ1n) is 10.8. The van der Waals surface area contributed by atoms with Crippen molar-refractivity contribution in [3.8, 4) is 27.9 Å². The molecule has 0 bridgehead atoms. The van der Waals surface area contributed by atoms with Crippen molar-refractivity contribution in [1.82, 2.24) is 14.8 Å². The van der Waals surface area contributed by atoms with Gasteiger partial charge in [-0.25, -0.2) is 8.42 Å². The van der Waals surface area contributed by atoms with E-state index in [1.807, 2.05) is 17.5 Å². The van der Waals surface area contributed by atoms with Crippen LogP contribution in [-0.2, 0) is 10.0 Å². The first-order valence-corrected chi connectivity index (χ1v) is 13.4. The summed E-state index contributed by atoms with van der Waals surface area (Å²) in [6.07, 6.45) is 3.60. The van der Waals surface area contributed by atoms with E-state index in [1.54, 1.807) is 22.8 Å². The van der Waals surface area contributed by atoms with Crippen LogP contribution in [0.2, 0.25) is 0 Å². The average Bonchev–Trinajstić information content (AvgIpc) is 3.58. The molecule has 2 heterocycles. The number of nitrogens with one attached hydrogen (secondary N) is 1.